The molecule has 0 aromatic carbocycles. The van der Waals surface area contributed by atoms with E-state index in [1.54, 1.807) is 15.8 Å². The number of likely N-dealkylation sites (tertiary alicyclic amines) is 1. The van der Waals surface area contributed by atoms with E-state index in [4.69, 9.17) is 5.73 Å². The van der Waals surface area contributed by atoms with Crippen molar-refractivity contribution in [2.24, 2.45) is 11.1 Å². The van der Waals surface area contributed by atoms with E-state index in [2.05, 4.69) is 4.98 Å². The van der Waals surface area contributed by atoms with Crippen molar-refractivity contribution in [1.29, 1.82) is 0 Å². The van der Waals surface area contributed by atoms with Gasteiger partial charge in [-0.15, -0.1) is 11.3 Å². The Morgan fingerprint density at radius 1 is 1.59 bits per heavy atom. The van der Waals surface area contributed by atoms with Crippen LogP contribution in [0.5, 0.6) is 0 Å². The molecule has 1 aliphatic heterocycles. The van der Waals surface area contributed by atoms with Gasteiger partial charge in [0, 0.05) is 18.5 Å². The van der Waals surface area contributed by atoms with Gasteiger partial charge in [0.2, 0.25) is 5.91 Å². The second kappa shape index (κ2) is 4.44. The minimum atomic E-state index is -0.607. The Balaban J connectivity index is 2.13. The van der Waals surface area contributed by atoms with Gasteiger partial charge in [-0.2, -0.15) is 0 Å². The average molecular weight is 253 g/mol. The van der Waals surface area contributed by atoms with Crippen molar-refractivity contribution in [2.75, 3.05) is 13.1 Å². The van der Waals surface area contributed by atoms with E-state index < -0.39 is 5.41 Å². The van der Waals surface area contributed by atoms with Crippen molar-refractivity contribution in [1.82, 2.24) is 9.88 Å². The summed E-state index contributed by atoms with van der Waals surface area (Å²) in [4.78, 5) is 29.2. The van der Waals surface area contributed by atoms with Gasteiger partial charge in [-0.3, -0.25) is 9.59 Å². The Hall–Kier alpha value is -1.43. The highest BCUT2D eigenvalue weighted by Gasteiger charge is 2.38. The van der Waals surface area contributed by atoms with Crippen molar-refractivity contribution >= 4 is 23.2 Å². The maximum absolute atomic E-state index is 12.1. The predicted molar refractivity (Wildman–Crippen MR) is 64.6 cm³/mol. The quantitative estimate of drug-likeness (QED) is 0.849. The van der Waals surface area contributed by atoms with Gasteiger partial charge in [-0.05, 0) is 19.8 Å². The first-order chi connectivity index (χ1) is 8.03. The van der Waals surface area contributed by atoms with Crippen LogP contribution in [-0.4, -0.2) is 34.8 Å². The second-order valence-electron chi connectivity index (χ2n) is 4.63. The molecule has 0 spiro atoms. The third kappa shape index (κ3) is 2.31. The molecule has 1 aliphatic rings. The lowest BCUT2D eigenvalue weighted by atomic mass is 9.81. The zero-order valence-electron chi connectivity index (χ0n) is 9.68. The number of hydrogen-bond acceptors (Lipinski definition) is 4. The highest BCUT2D eigenvalue weighted by molar-refractivity contribution is 7.07. The van der Waals surface area contributed by atoms with Gasteiger partial charge in [0.05, 0.1) is 10.9 Å². The fourth-order valence-corrected chi connectivity index (χ4v) is 2.62. The molecular formula is C11H15N3O2S. The van der Waals surface area contributed by atoms with Gasteiger partial charge in [0.1, 0.15) is 5.69 Å². The molecule has 0 radical (unpaired) electrons. The van der Waals surface area contributed by atoms with Crippen LogP contribution in [0.15, 0.2) is 10.9 Å². The summed E-state index contributed by atoms with van der Waals surface area (Å²) in [5, 5.41) is 1.72. The van der Waals surface area contributed by atoms with Crippen LogP contribution in [0.4, 0.5) is 0 Å². The minimum absolute atomic E-state index is 0.113. The van der Waals surface area contributed by atoms with Crippen LogP contribution in [0.25, 0.3) is 0 Å². The summed E-state index contributed by atoms with van der Waals surface area (Å²) in [5.41, 5.74) is 6.86. The largest absolute Gasteiger partial charge is 0.369 e. The predicted octanol–water partition coefficient (Wildman–Crippen LogP) is 0.871. The SMILES string of the molecule is CC1(C(N)=O)CCCN(C(=O)c2cscn2)C1. The Morgan fingerprint density at radius 2 is 2.35 bits per heavy atom. The molecule has 0 aliphatic carbocycles. The van der Waals surface area contributed by atoms with E-state index in [0.29, 0.717) is 18.8 Å². The van der Waals surface area contributed by atoms with Gasteiger partial charge in [-0.1, -0.05) is 0 Å². The third-order valence-corrected chi connectivity index (χ3v) is 3.82. The van der Waals surface area contributed by atoms with Crippen LogP contribution in [-0.2, 0) is 4.79 Å². The van der Waals surface area contributed by atoms with E-state index in [9.17, 15) is 9.59 Å². The fraction of sp³-hybridized carbons (Fsp3) is 0.545. The summed E-state index contributed by atoms with van der Waals surface area (Å²) in [6, 6.07) is 0. The number of piperidine rings is 1. The molecule has 1 atom stereocenters. The molecule has 2 N–H and O–H groups in total. The zero-order chi connectivity index (χ0) is 12.5. The number of rotatable bonds is 2. The molecule has 2 amide bonds. The average Bonchev–Trinajstić information content (AvgIpc) is 2.81. The smallest absolute Gasteiger partial charge is 0.273 e. The lowest BCUT2D eigenvalue weighted by Gasteiger charge is -2.37. The Labute approximate surface area is 104 Å². The maximum Gasteiger partial charge on any atom is 0.273 e. The first kappa shape index (κ1) is 12.0. The third-order valence-electron chi connectivity index (χ3n) is 3.23. The first-order valence-electron chi connectivity index (χ1n) is 5.50. The number of amides is 2. The standard InChI is InChI=1S/C11H15N3O2S/c1-11(10(12)16)3-2-4-14(6-11)9(15)8-5-17-7-13-8/h5,7H,2-4,6H2,1H3,(H2,12,16). The molecule has 1 saturated heterocycles. The second-order valence-corrected chi connectivity index (χ2v) is 5.35. The first-order valence-corrected chi connectivity index (χ1v) is 6.44. The van der Waals surface area contributed by atoms with Gasteiger partial charge in [0.15, 0.2) is 0 Å². The van der Waals surface area contributed by atoms with Crippen molar-refractivity contribution < 1.29 is 9.59 Å². The van der Waals surface area contributed by atoms with E-state index in [1.165, 1.54) is 11.3 Å². The number of thiazole rings is 1. The van der Waals surface area contributed by atoms with Crippen LogP contribution >= 0.6 is 11.3 Å². The molecule has 17 heavy (non-hydrogen) atoms. The summed E-state index contributed by atoms with van der Waals surface area (Å²) >= 11 is 1.39. The number of nitrogens with two attached hydrogens (primary N) is 1. The van der Waals surface area contributed by atoms with E-state index >= 15 is 0 Å². The van der Waals surface area contributed by atoms with Crippen molar-refractivity contribution in [2.45, 2.75) is 19.8 Å². The monoisotopic (exact) mass is 253 g/mol. The minimum Gasteiger partial charge on any atom is -0.369 e. The molecule has 1 fully saturated rings. The van der Waals surface area contributed by atoms with Crippen LogP contribution in [0.3, 0.4) is 0 Å². The molecule has 1 aromatic rings. The van der Waals surface area contributed by atoms with Crippen molar-refractivity contribution in [3.05, 3.63) is 16.6 Å². The molecule has 92 valence electrons. The van der Waals surface area contributed by atoms with Crippen LogP contribution < -0.4 is 5.73 Å². The van der Waals surface area contributed by atoms with Gasteiger partial charge in [0.25, 0.3) is 5.91 Å². The van der Waals surface area contributed by atoms with Gasteiger partial charge in [-0.25, -0.2) is 4.98 Å². The maximum atomic E-state index is 12.1. The molecular weight excluding hydrogens is 238 g/mol. The molecule has 1 aromatic heterocycles. The number of carbonyl (C=O) groups excluding carboxylic acids is 2. The van der Waals surface area contributed by atoms with Crippen molar-refractivity contribution in [3.63, 3.8) is 0 Å². The molecule has 1 unspecified atom stereocenters. The Morgan fingerprint density at radius 3 is 2.94 bits per heavy atom. The summed E-state index contributed by atoms with van der Waals surface area (Å²) in [5.74, 6) is -0.452. The van der Waals surface area contributed by atoms with Gasteiger partial charge >= 0.3 is 0 Å². The molecule has 6 heteroatoms. The number of primary amides is 1. The topological polar surface area (TPSA) is 76.3 Å². The summed E-state index contributed by atoms with van der Waals surface area (Å²) in [6.07, 6.45) is 1.54. The van der Waals surface area contributed by atoms with Crippen LogP contribution in [0.1, 0.15) is 30.3 Å². The van der Waals surface area contributed by atoms with E-state index in [-0.39, 0.29) is 11.8 Å². The Kier molecular flexibility index (Phi) is 3.15. The highest BCUT2D eigenvalue weighted by Crippen LogP contribution is 2.29. The molecule has 5 nitrogen and oxygen atoms in total. The number of aromatic nitrogens is 1. The number of nitrogens with zero attached hydrogens (tertiary/aromatic N) is 2. The summed E-state index contributed by atoms with van der Waals surface area (Å²) < 4.78 is 0. The highest BCUT2D eigenvalue weighted by atomic mass is 32.1. The number of carbonyl (C=O) groups is 2. The van der Waals surface area contributed by atoms with Crippen LogP contribution in [0.2, 0.25) is 0 Å². The van der Waals surface area contributed by atoms with E-state index in [0.717, 1.165) is 12.8 Å². The van der Waals surface area contributed by atoms with E-state index in [1.807, 2.05) is 6.92 Å². The Bertz CT molecular complexity index is 432. The lowest BCUT2D eigenvalue weighted by Crippen LogP contribution is -2.50. The van der Waals surface area contributed by atoms with Gasteiger partial charge < -0.3 is 10.6 Å². The van der Waals surface area contributed by atoms with Crippen molar-refractivity contribution in [3.8, 4) is 0 Å². The lowest BCUT2D eigenvalue weighted by molar-refractivity contribution is -0.129. The summed E-state index contributed by atoms with van der Waals surface area (Å²) in [6.45, 7) is 2.87. The van der Waals surface area contributed by atoms with Crippen LogP contribution in [0, 0.1) is 5.41 Å². The fourth-order valence-electron chi connectivity index (χ4n) is 2.09. The number of hydrogen-bond donors (Lipinski definition) is 1. The molecule has 2 heterocycles. The molecule has 0 saturated carbocycles. The summed E-state index contributed by atoms with van der Waals surface area (Å²) in [7, 11) is 0. The normalized spacial score (nSPS) is 24.6. The zero-order valence-corrected chi connectivity index (χ0v) is 10.5. The molecule has 2 rings (SSSR count). The molecule has 0 bridgehead atoms.